The Morgan fingerprint density at radius 1 is 1.23 bits per heavy atom. The van der Waals surface area contributed by atoms with Gasteiger partial charge in [-0.15, -0.1) is 11.3 Å². The van der Waals surface area contributed by atoms with E-state index in [1.165, 1.54) is 23.5 Å². The van der Waals surface area contributed by atoms with Crippen LogP contribution in [-0.2, 0) is 25.2 Å². The Morgan fingerprint density at radius 2 is 2.00 bits per heavy atom. The van der Waals surface area contributed by atoms with Gasteiger partial charge in [-0.05, 0) is 35.7 Å². The van der Waals surface area contributed by atoms with Gasteiger partial charge in [-0.2, -0.15) is 13.2 Å². The normalized spacial score (nSPS) is 14.7. The maximum absolute atomic E-state index is 13.1. The lowest BCUT2D eigenvalue weighted by molar-refractivity contribution is -0.142. The Hall–Kier alpha value is -2.85. The first-order valence-corrected chi connectivity index (χ1v) is 9.93. The molecule has 0 spiro atoms. The molecule has 3 rings (SSSR count). The number of hydrogen-bond donors (Lipinski definition) is 1. The average molecular weight is 440 g/mol. The molecule has 0 bridgehead atoms. The molecule has 1 N–H and O–H groups in total. The first kappa shape index (κ1) is 21.8. The van der Waals surface area contributed by atoms with Gasteiger partial charge in [0.2, 0.25) is 0 Å². The van der Waals surface area contributed by atoms with Gasteiger partial charge in [0, 0.05) is 24.0 Å². The van der Waals surface area contributed by atoms with Crippen molar-refractivity contribution in [1.82, 2.24) is 0 Å². The number of nitrogens with one attached hydrogen (secondary N) is 1. The number of anilines is 2. The summed E-state index contributed by atoms with van der Waals surface area (Å²) in [4.78, 5) is 26.6. The van der Waals surface area contributed by atoms with E-state index in [9.17, 15) is 22.8 Å². The molecule has 2 heterocycles. The van der Waals surface area contributed by atoms with Crippen LogP contribution in [0.5, 0.6) is 0 Å². The van der Waals surface area contributed by atoms with Gasteiger partial charge in [0.15, 0.2) is 6.61 Å². The van der Waals surface area contributed by atoms with Gasteiger partial charge in [0.05, 0.1) is 30.2 Å². The van der Waals surface area contributed by atoms with Crippen LogP contribution in [0.15, 0.2) is 41.8 Å². The number of carbonyl (C=O) groups excluding carboxylic acids is 2. The fourth-order valence-corrected chi connectivity index (χ4v) is 3.42. The molecule has 1 amide bonds. The minimum atomic E-state index is -4.55. The summed E-state index contributed by atoms with van der Waals surface area (Å²) in [5.41, 5.74) is -0.434. The van der Waals surface area contributed by atoms with Gasteiger partial charge in [-0.25, -0.2) is 4.79 Å². The predicted octanol–water partition coefficient (Wildman–Crippen LogP) is 3.80. The van der Waals surface area contributed by atoms with Crippen molar-refractivity contribution in [3.05, 3.63) is 52.2 Å². The number of halogens is 3. The Bertz CT molecular complexity index is 907. The number of rotatable bonds is 6. The number of amides is 1. The van der Waals surface area contributed by atoms with E-state index in [1.807, 2.05) is 22.4 Å². The third-order valence-corrected chi connectivity index (χ3v) is 5.06. The van der Waals surface area contributed by atoms with Gasteiger partial charge in [0.25, 0.3) is 5.91 Å². The second-order valence-electron chi connectivity index (χ2n) is 6.33. The molecule has 0 atom stereocenters. The molecule has 1 aromatic carbocycles. The quantitative estimate of drug-likeness (QED) is 0.547. The Kier molecular flexibility index (Phi) is 7.11. The van der Waals surface area contributed by atoms with E-state index >= 15 is 0 Å². The lowest BCUT2D eigenvalue weighted by Crippen LogP contribution is -2.37. The zero-order valence-corrected chi connectivity index (χ0v) is 16.6. The third-order valence-electron chi connectivity index (χ3n) is 4.22. The number of ether oxygens (including phenoxy) is 2. The highest BCUT2D eigenvalue weighted by Gasteiger charge is 2.32. The van der Waals surface area contributed by atoms with Crippen molar-refractivity contribution in [3.63, 3.8) is 0 Å². The molecule has 0 unspecified atom stereocenters. The Balaban J connectivity index is 1.66. The summed E-state index contributed by atoms with van der Waals surface area (Å²) in [5.74, 6) is -1.46. The summed E-state index contributed by atoms with van der Waals surface area (Å²) in [5, 5.41) is 4.27. The van der Waals surface area contributed by atoms with Crippen LogP contribution in [-0.4, -0.2) is 44.8 Å². The van der Waals surface area contributed by atoms with Gasteiger partial charge in [-0.3, -0.25) is 4.79 Å². The van der Waals surface area contributed by atoms with Crippen molar-refractivity contribution in [1.29, 1.82) is 0 Å². The lowest BCUT2D eigenvalue weighted by Gasteiger charge is -2.31. The average Bonchev–Trinajstić information content (AvgIpc) is 3.24. The highest BCUT2D eigenvalue weighted by molar-refractivity contribution is 7.10. The molecule has 2 aromatic rings. The molecule has 30 heavy (non-hydrogen) atoms. The minimum absolute atomic E-state index is 0.00176. The summed E-state index contributed by atoms with van der Waals surface area (Å²) in [6.45, 7) is 1.21. The van der Waals surface area contributed by atoms with Gasteiger partial charge >= 0.3 is 12.1 Å². The number of thiophene rings is 1. The third kappa shape index (κ3) is 6.07. The van der Waals surface area contributed by atoms with Crippen molar-refractivity contribution >= 4 is 40.7 Å². The number of carbonyl (C=O) groups is 2. The summed E-state index contributed by atoms with van der Waals surface area (Å²) >= 11 is 1.43. The summed E-state index contributed by atoms with van der Waals surface area (Å²) < 4.78 is 49.5. The topological polar surface area (TPSA) is 67.9 Å². The molecule has 1 aliphatic heterocycles. The van der Waals surface area contributed by atoms with E-state index in [4.69, 9.17) is 9.47 Å². The van der Waals surface area contributed by atoms with Crippen LogP contribution in [0.4, 0.5) is 24.5 Å². The van der Waals surface area contributed by atoms with Crippen LogP contribution in [0.25, 0.3) is 6.08 Å². The Morgan fingerprint density at radius 3 is 2.67 bits per heavy atom. The number of alkyl halides is 3. The highest BCUT2D eigenvalue weighted by atomic mass is 32.1. The standard InChI is InChI=1S/C20H19F3N2O4S/c21-20(22,23)14-3-5-17(25-7-9-28-10-8-25)16(12-14)24-18(26)13-29-19(27)6-4-15-2-1-11-30-15/h1-6,11-12H,7-10,13H2,(H,24,26)/b6-4+. The number of esters is 1. The van der Waals surface area contributed by atoms with Crippen molar-refractivity contribution in [2.24, 2.45) is 0 Å². The van der Waals surface area contributed by atoms with Crippen LogP contribution in [0.1, 0.15) is 10.4 Å². The molecule has 10 heteroatoms. The second kappa shape index (κ2) is 9.77. The molecule has 0 aliphatic carbocycles. The van der Waals surface area contributed by atoms with E-state index in [0.717, 1.165) is 17.0 Å². The maximum atomic E-state index is 13.1. The van der Waals surface area contributed by atoms with Crippen LogP contribution in [0.3, 0.4) is 0 Å². The van der Waals surface area contributed by atoms with Crippen molar-refractivity contribution in [2.45, 2.75) is 6.18 Å². The summed E-state index contributed by atoms with van der Waals surface area (Å²) in [7, 11) is 0. The fraction of sp³-hybridized carbons (Fsp3) is 0.300. The van der Waals surface area contributed by atoms with Crippen LogP contribution in [0, 0.1) is 0 Å². The predicted molar refractivity (Wildman–Crippen MR) is 107 cm³/mol. The zero-order valence-electron chi connectivity index (χ0n) is 15.8. The lowest BCUT2D eigenvalue weighted by atomic mass is 10.1. The molecule has 0 saturated carbocycles. The zero-order chi connectivity index (χ0) is 21.6. The van der Waals surface area contributed by atoms with Crippen LogP contribution >= 0.6 is 11.3 Å². The first-order valence-electron chi connectivity index (χ1n) is 9.05. The fourth-order valence-electron chi connectivity index (χ4n) is 2.80. The number of nitrogens with zero attached hydrogens (tertiary/aromatic N) is 1. The summed E-state index contributed by atoms with van der Waals surface area (Å²) in [6.07, 6.45) is -1.82. The first-order chi connectivity index (χ1) is 14.3. The molecule has 1 saturated heterocycles. The molecule has 1 fully saturated rings. The number of morpholine rings is 1. The van der Waals surface area contributed by atoms with Crippen molar-refractivity contribution in [3.8, 4) is 0 Å². The van der Waals surface area contributed by atoms with E-state index in [1.54, 1.807) is 6.08 Å². The number of hydrogen-bond acceptors (Lipinski definition) is 6. The maximum Gasteiger partial charge on any atom is 0.416 e. The van der Waals surface area contributed by atoms with Gasteiger partial charge < -0.3 is 19.7 Å². The van der Waals surface area contributed by atoms with E-state index in [2.05, 4.69) is 5.32 Å². The van der Waals surface area contributed by atoms with Crippen molar-refractivity contribution in [2.75, 3.05) is 43.1 Å². The molecular weight excluding hydrogens is 421 g/mol. The van der Waals surface area contributed by atoms with Crippen LogP contribution in [0.2, 0.25) is 0 Å². The van der Waals surface area contributed by atoms with Gasteiger partial charge in [0.1, 0.15) is 0 Å². The molecule has 0 radical (unpaired) electrons. The molecule has 6 nitrogen and oxygen atoms in total. The largest absolute Gasteiger partial charge is 0.452 e. The van der Waals surface area contributed by atoms with E-state index in [0.29, 0.717) is 32.0 Å². The number of benzene rings is 1. The highest BCUT2D eigenvalue weighted by Crippen LogP contribution is 2.35. The minimum Gasteiger partial charge on any atom is -0.452 e. The monoisotopic (exact) mass is 440 g/mol. The molecular formula is C20H19F3N2O4S. The molecule has 1 aliphatic rings. The van der Waals surface area contributed by atoms with Gasteiger partial charge in [-0.1, -0.05) is 6.07 Å². The molecule has 1 aromatic heterocycles. The SMILES string of the molecule is O=C(COC(=O)/C=C/c1cccs1)Nc1cc(C(F)(F)F)ccc1N1CCOCC1. The van der Waals surface area contributed by atoms with E-state index < -0.39 is 30.2 Å². The summed E-state index contributed by atoms with van der Waals surface area (Å²) in [6, 6.07) is 6.79. The van der Waals surface area contributed by atoms with E-state index in [-0.39, 0.29) is 5.69 Å². The smallest absolute Gasteiger partial charge is 0.416 e. The Labute approximate surface area is 174 Å². The van der Waals surface area contributed by atoms with Crippen molar-refractivity contribution < 1.29 is 32.2 Å². The second-order valence-corrected chi connectivity index (χ2v) is 7.31. The molecule has 160 valence electrons. The van der Waals surface area contributed by atoms with Crippen LogP contribution < -0.4 is 10.2 Å².